The molecule has 0 aliphatic rings. The number of ether oxygens (including phenoxy) is 4. The zero-order chi connectivity index (χ0) is 47.4. The van der Waals surface area contributed by atoms with Gasteiger partial charge in [-0.2, -0.15) is 0 Å². The van der Waals surface area contributed by atoms with E-state index in [1.165, 1.54) is 7.11 Å². The highest BCUT2D eigenvalue weighted by Crippen LogP contribution is 2.43. The minimum Gasteiger partial charge on any atom is -0.469 e. The van der Waals surface area contributed by atoms with Gasteiger partial charge in [-0.15, -0.1) is 0 Å². The molecule has 61 heavy (non-hydrogen) atoms. The molecule has 0 saturated carbocycles. The Morgan fingerprint density at radius 2 is 1.34 bits per heavy atom. The van der Waals surface area contributed by atoms with Gasteiger partial charge in [0.25, 0.3) is 0 Å². The van der Waals surface area contributed by atoms with E-state index in [1.54, 1.807) is 27.6 Å². The predicted molar refractivity (Wildman–Crippen MR) is 257 cm³/mol. The molecule has 1 heterocycles. The lowest BCUT2D eigenvalue weighted by Gasteiger charge is -2.46. The lowest BCUT2D eigenvalue weighted by Crippen LogP contribution is -2.52. The molecule has 1 aromatic heterocycles. The van der Waals surface area contributed by atoms with Gasteiger partial charge < -0.3 is 41.7 Å². The summed E-state index contributed by atoms with van der Waals surface area (Å²) >= 11 is 0. The second-order valence-corrected chi connectivity index (χ2v) is 36.5. The third-order valence-electron chi connectivity index (χ3n) is 14.0. The van der Waals surface area contributed by atoms with E-state index in [4.69, 9.17) is 41.6 Å². The summed E-state index contributed by atoms with van der Waals surface area (Å²) in [7, 11) is 0.0753. The highest BCUT2D eigenvalue weighted by atomic mass is 28.4. The van der Waals surface area contributed by atoms with Crippen molar-refractivity contribution in [3.8, 4) is 0 Å². The van der Waals surface area contributed by atoms with Crippen molar-refractivity contribution in [3.05, 3.63) is 42.2 Å². The molecule has 0 aliphatic carbocycles. The Kier molecular flexibility index (Phi) is 22.3. The normalized spacial score (nSPS) is 17.7. The van der Waals surface area contributed by atoms with Crippen molar-refractivity contribution < 1.29 is 46.5 Å². The quantitative estimate of drug-likeness (QED) is 0.0542. The van der Waals surface area contributed by atoms with Crippen molar-refractivity contribution in [2.24, 2.45) is 11.3 Å². The summed E-state index contributed by atoms with van der Waals surface area (Å²) < 4.78 is 49.1. The van der Waals surface area contributed by atoms with Crippen LogP contribution < -0.4 is 0 Å². The number of aromatic nitrogens is 1. The van der Waals surface area contributed by atoms with Gasteiger partial charge >= 0.3 is 5.97 Å². The minimum absolute atomic E-state index is 0.00169. The summed E-state index contributed by atoms with van der Waals surface area (Å²) in [6.07, 6.45) is 9.43. The number of carbonyl (C=O) groups is 1. The van der Waals surface area contributed by atoms with E-state index in [9.17, 15) is 9.90 Å². The number of oxazole rings is 1. The average Bonchev–Trinajstić information content (AvgIpc) is 3.59. The second-order valence-electron chi connectivity index (χ2n) is 22.2. The maximum Gasteiger partial charge on any atom is 0.308 e. The van der Waals surface area contributed by atoms with E-state index >= 15 is 0 Å². The zero-order valence-electron chi connectivity index (χ0n) is 42.7. The van der Waals surface area contributed by atoms with Crippen molar-refractivity contribution in [1.82, 2.24) is 4.98 Å². The highest BCUT2D eigenvalue weighted by Gasteiger charge is 2.47. The Morgan fingerprint density at radius 3 is 1.84 bits per heavy atom. The molecule has 7 atom stereocenters. The number of carbonyl (C=O) groups excluding carboxylic acids is 1. The van der Waals surface area contributed by atoms with Crippen LogP contribution in [0.1, 0.15) is 126 Å². The molecule has 1 aromatic rings. The molecule has 1 N–H and O–H groups in total. The topological polar surface area (TPSA) is 128 Å². The van der Waals surface area contributed by atoms with E-state index in [0.29, 0.717) is 43.9 Å². The molecule has 0 aromatic carbocycles. The van der Waals surface area contributed by atoms with E-state index in [0.717, 1.165) is 0 Å². The van der Waals surface area contributed by atoms with Crippen molar-refractivity contribution in [1.29, 1.82) is 0 Å². The van der Waals surface area contributed by atoms with Gasteiger partial charge in [0, 0.05) is 58.5 Å². The number of allylic oxidation sites excluding steroid dienone is 2. The number of methoxy groups -OCH3 is 4. The molecular weight excluding hydrogens is 823 g/mol. The zero-order valence-corrected chi connectivity index (χ0v) is 45.7. The molecule has 0 spiro atoms. The fourth-order valence-electron chi connectivity index (χ4n) is 6.03. The first kappa shape index (κ1) is 57.5. The first-order valence-corrected chi connectivity index (χ1v) is 31.0. The number of esters is 1. The van der Waals surface area contributed by atoms with Gasteiger partial charge in [-0.05, 0) is 60.8 Å². The van der Waals surface area contributed by atoms with Crippen LogP contribution in [0.15, 0.2) is 35.0 Å². The Morgan fingerprint density at radius 1 is 0.787 bits per heavy atom. The maximum absolute atomic E-state index is 12.3. The van der Waals surface area contributed by atoms with Crippen LogP contribution in [0.5, 0.6) is 0 Å². The molecular formula is C47H91NO10Si3. The smallest absolute Gasteiger partial charge is 0.308 e. The van der Waals surface area contributed by atoms with Crippen LogP contribution in [0.2, 0.25) is 54.4 Å². The molecule has 0 saturated heterocycles. The standard InChI is InChI=1S/C47H91NO10Si3/c1-34(32-56-59(17,18)44(2,3)4)39(53-15)30-40(49)47(11,12)41(58-61(21,22)46(8,9)10)31-42-48-37(33-55-42)38(52-14)27-25-23-24-26-35(51-13)28-36(29-43(50)54-16)57-60(19,20)45(5,6)7/h23-26,33-36,38-41,49H,27-32H2,1-22H3/b25-23+,26-24+/t34-,35-,36-,38-,39-,40-,41-/m0/s1. The Labute approximate surface area is 375 Å². The molecule has 1 rings (SSSR count). The first-order chi connectivity index (χ1) is 27.7. The summed E-state index contributed by atoms with van der Waals surface area (Å²) in [6.45, 7) is 40.2. The Bertz CT molecular complexity index is 1500. The van der Waals surface area contributed by atoms with Crippen molar-refractivity contribution in [3.63, 3.8) is 0 Å². The molecule has 356 valence electrons. The van der Waals surface area contributed by atoms with E-state index in [-0.39, 0.29) is 63.9 Å². The van der Waals surface area contributed by atoms with Gasteiger partial charge in [0.2, 0.25) is 0 Å². The van der Waals surface area contributed by atoms with E-state index < -0.39 is 36.5 Å². The van der Waals surface area contributed by atoms with Crippen LogP contribution in [0, 0.1) is 11.3 Å². The van der Waals surface area contributed by atoms with Gasteiger partial charge in [-0.1, -0.05) is 107 Å². The fourth-order valence-corrected chi connectivity index (χ4v) is 9.96. The number of aliphatic hydroxyl groups is 1. The van der Waals surface area contributed by atoms with Crippen LogP contribution in [0.3, 0.4) is 0 Å². The summed E-state index contributed by atoms with van der Waals surface area (Å²) in [5.74, 6) is 0.328. The lowest BCUT2D eigenvalue weighted by molar-refractivity contribution is -0.142. The third-order valence-corrected chi connectivity index (χ3v) is 27.5. The highest BCUT2D eigenvalue weighted by molar-refractivity contribution is 6.75. The molecule has 11 nitrogen and oxygen atoms in total. The summed E-state index contributed by atoms with van der Waals surface area (Å²) in [6, 6.07) is 0. The van der Waals surface area contributed by atoms with Crippen molar-refractivity contribution >= 4 is 30.9 Å². The monoisotopic (exact) mass is 914 g/mol. The van der Waals surface area contributed by atoms with Crippen LogP contribution >= 0.6 is 0 Å². The molecule has 0 amide bonds. The average molecular weight is 914 g/mol. The summed E-state index contributed by atoms with van der Waals surface area (Å²) in [5, 5.41) is 12.1. The van der Waals surface area contributed by atoms with Crippen LogP contribution in [0.4, 0.5) is 0 Å². The van der Waals surface area contributed by atoms with Crippen LogP contribution in [-0.4, -0.2) is 107 Å². The van der Waals surface area contributed by atoms with E-state index in [1.807, 2.05) is 24.3 Å². The minimum atomic E-state index is -2.30. The van der Waals surface area contributed by atoms with Gasteiger partial charge in [0.15, 0.2) is 30.8 Å². The van der Waals surface area contributed by atoms with E-state index in [2.05, 4.69) is 122 Å². The van der Waals surface area contributed by atoms with Crippen LogP contribution in [0.25, 0.3) is 0 Å². The second kappa shape index (κ2) is 23.6. The molecule has 0 aliphatic heterocycles. The SMILES string of the molecule is COC(=O)C[C@H](C[C@H](/C=C/C=C/C[C@H](OC)c1coc(C[C@H](O[Si](C)(C)C(C)(C)C)C(C)(C)[C@@H](O)C[C@H](OC)[C@@H](C)CO[Si](C)(C)C(C)(C)C)n1)OC)O[Si](C)(C)C(C)(C)C. The maximum atomic E-state index is 12.3. The number of rotatable bonds is 26. The summed E-state index contributed by atoms with van der Waals surface area (Å²) in [5.41, 5.74) is 0.0150. The molecule has 0 unspecified atom stereocenters. The van der Waals surface area contributed by atoms with Gasteiger partial charge in [0.1, 0.15) is 18.1 Å². The molecule has 0 fully saturated rings. The molecule has 0 radical (unpaired) electrons. The van der Waals surface area contributed by atoms with Gasteiger partial charge in [-0.3, -0.25) is 4.79 Å². The predicted octanol–water partition coefficient (Wildman–Crippen LogP) is 11.6. The van der Waals surface area contributed by atoms with Crippen molar-refractivity contribution in [2.75, 3.05) is 35.0 Å². The third kappa shape index (κ3) is 17.8. The largest absolute Gasteiger partial charge is 0.469 e. The number of hydrogen-bond acceptors (Lipinski definition) is 11. The fraction of sp³-hybridized carbons (Fsp3) is 0.830. The summed E-state index contributed by atoms with van der Waals surface area (Å²) in [4.78, 5) is 17.2. The number of nitrogens with zero attached hydrogens (tertiary/aromatic N) is 1. The first-order valence-electron chi connectivity index (χ1n) is 22.3. The van der Waals surface area contributed by atoms with Crippen molar-refractivity contribution in [2.45, 2.75) is 206 Å². The van der Waals surface area contributed by atoms with Crippen LogP contribution in [-0.2, 0) is 43.4 Å². The van der Waals surface area contributed by atoms with Gasteiger partial charge in [0.05, 0.1) is 44.1 Å². The molecule has 0 bridgehead atoms. The number of hydrogen-bond donors (Lipinski definition) is 1. The lowest BCUT2D eigenvalue weighted by atomic mass is 9.76. The van der Waals surface area contributed by atoms with Gasteiger partial charge in [-0.25, -0.2) is 4.98 Å². The Hall–Kier alpha value is -1.47. The number of aliphatic hydroxyl groups excluding tert-OH is 1. The Balaban J connectivity index is 3.22. The molecule has 14 heteroatoms.